The number of nitrogens with zero attached hydrogens (tertiary/aromatic N) is 4. The van der Waals surface area contributed by atoms with Gasteiger partial charge in [-0.2, -0.15) is 5.10 Å². The fourth-order valence-electron chi connectivity index (χ4n) is 3.00. The predicted molar refractivity (Wildman–Crippen MR) is 89.2 cm³/mol. The van der Waals surface area contributed by atoms with Crippen molar-refractivity contribution in [1.82, 2.24) is 19.8 Å². The summed E-state index contributed by atoms with van der Waals surface area (Å²) in [6.45, 7) is 4.01. The van der Waals surface area contributed by atoms with Crippen LogP contribution in [-0.2, 0) is 17.8 Å². The van der Waals surface area contributed by atoms with Crippen LogP contribution in [0.1, 0.15) is 5.76 Å². The predicted octanol–water partition coefficient (Wildman–Crippen LogP) is 2.44. The van der Waals surface area contributed by atoms with E-state index < -0.39 is 0 Å². The number of hydrogen-bond donors (Lipinski definition) is 0. The second-order valence-electron chi connectivity index (χ2n) is 6.00. The summed E-state index contributed by atoms with van der Waals surface area (Å²) in [6, 6.07) is 14.0. The van der Waals surface area contributed by atoms with Crippen molar-refractivity contribution >= 4 is 0 Å². The van der Waals surface area contributed by atoms with E-state index in [9.17, 15) is 0 Å². The molecule has 3 aromatic rings. The highest BCUT2D eigenvalue weighted by atomic mass is 16.5. The summed E-state index contributed by atoms with van der Waals surface area (Å²) in [7, 11) is 0. The lowest BCUT2D eigenvalue weighted by molar-refractivity contribution is -0.0422. The van der Waals surface area contributed by atoms with Crippen molar-refractivity contribution in [2.45, 2.75) is 19.2 Å². The van der Waals surface area contributed by atoms with Crippen LogP contribution in [0.2, 0.25) is 0 Å². The number of ether oxygens (including phenoxy) is 1. The first-order valence-electron chi connectivity index (χ1n) is 8.19. The van der Waals surface area contributed by atoms with E-state index >= 15 is 0 Å². The van der Waals surface area contributed by atoms with Crippen LogP contribution in [-0.4, -0.2) is 45.6 Å². The van der Waals surface area contributed by atoms with Gasteiger partial charge in [0, 0.05) is 37.1 Å². The Hall–Kier alpha value is -2.44. The molecule has 1 aromatic carbocycles. The number of morpholine rings is 1. The van der Waals surface area contributed by atoms with Gasteiger partial charge in [-0.15, -0.1) is 0 Å². The molecule has 1 aliphatic rings. The maximum atomic E-state index is 5.85. The first kappa shape index (κ1) is 15.1. The van der Waals surface area contributed by atoms with Crippen LogP contribution in [0.3, 0.4) is 0 Å². The van der Waals surface area contributed by atoms with Gasteiger partial charge in [0.2, 0.25) is 0 Å². The molecule has 1 fully saturated rings. The lowest BCUT2D eigenvalue weighted by Gasteiger charge is -2.32. The molecule has 1 saturated heterocycles. The highest BCUT2D eigenvalue weighted by Gasteiger charge is 2.22. The van der Waals surface area contributed by atoms with E-state index in [1.807, 2.05) is 53.3 Å². The van der Waals surface area contributed by atoms with Crippen LogP contribution in [0, 0.1) is 0 Å². The number of rotatable bonds is 5. The third-order valence-corrected chi connectivity index (χ3v) is 4.18. The average molecular weight is 324 g/mol. The first-order chi connectivity index (χ1) is 11.9. The van der Waals surface area contributed by atoms with Gasteiger partial charge in [0.25, 0.3) is 0 Å². The van der Waals surface area contributed by atoms with E-state index in [1.54, 1.807) is 6.20 Å². The van der Waals surface area contributed by atoms with Crippen molar-refractivity contribution in [3.8, 4) is 11.3 Å². The number of benzene rings is 1. The van der Waals surface area contributed by atoms with Gasteiger partial charge in [0.15, 0.2) is 5.76 Å². The minimum atomic E-state index is 0.148. The Morgan fingerprint density at radius 1 is 1.17 bits per heavy atom. The van der Waals surface area contributed by atoms with E-state index in [2.05, 4.69) is 15.2 Å². The quantitative estimate of drug-likeness (QED) is 0.721. The molecule has 1 atom stereocenters. The molecule has 0 spiro atoms. The molecule has 6 heteroatoms. The van der Waals surface area contributed by atoms with Gasteiger partial charge >= 0.3 is 0 Å². The fourth-order valence-corrected chi connectivity index (χ4v) is 3.00. The van der Waals surface area contributed by atoms with Crippen molar-refractivity contribution in [2.24, 2.45) is 0 Å². The van der Waals surface area contributed by atoms with Gasteiger partial charge in [-0.1, -0.05) is 35.5 Å². The van der Waals surface area contributed by atoms with E-state index in [4.69, 9.17) is 9.26 Å². The van der Waals surface area contributed by atoms with Crippen molar-refractivity contribution in [3.05, 3.63) is 60.6 Å². The van der Waals surface area contributed by atoms with Crippen LogP contribution >= 0.6 is 0 Å². The van der Waals surface area contributed by atoms with Gasteiger partial charge in [0.05, 0.1) is 25.8 Å². The summed E-state index contributed by atoms with van der Waals surface area (Å²) in [6.07, 6.45) is 3.90. The molecule has 4 rings (SSSR count). The highest BCUT2D eigenvalue weighted by molar-refractivity contribution is 5.58. The summed E-state index contributed by atoms with van der Waals surface area (Å²) < 4.78 is 13.3. The highest BCUT2D eigenvalue weighted by Crippen LogP contribution is 2.20. The Morgan fingerprint density at radius 2 is 2.08 bits per heavy atom. The Labute approximate surface area is 140 Å². The number of hydrogen-bond acceptors (Lipinski definition) is 5. The largest absolute Gasteiger partial charge is 0.374 e. The van der Waals surface area contributed by atoms with Gasteiger partial charge in [-0.3, -0.25) is 9.58 Å². The standard InChI is InChI=1S/C18H20N4O2/c1-2-5-15(6-3-1)18-11-16(24-20-18)12-21-9-10-23-17(13-21)14-22-8-4-7-19-22/h1-8,11,17H,9-10,12-14H2. The van der Waals surface area contributed by atoms with Crippen LogP contribution in [0.5, 0.6) is 0 Å². The molecule has 1 unspecified atom stereocenters. The molecule has 0 saturated carbocycles. The SMILES string of the molecule is c1ccc(-c2cc(CN3CCOC(Cn4cccn4)C3)on2)cc1. The van der Waals surface area contributed by atoms with Gasteiger partial charge in [0.1, 0.15) is 5.69 Å². The summed E-state index contributed by atoms with van der Waals surface area (Å²) >= 11 is 0. The first-order valence-corrected chi connectivity index (χ1v) is 8.19. The Bertz CT molecular complexity index is 754. The maximum absolute atomic E-state index is 5.85. The average Bonchev–Trinajstić information content (AvgIpc) is 3.28. The fraction of sp³-hybridized carbons (Fsp3) is 0.333. The zero-order chi connectivity index (χ0) is 16.2. The molecule has 1 aliphatic heterocycles. The summed E-state index contributed by atoms with van der Waals surface area (Å²) in [4.78, 5) is 2.34. The van der Waals surface area contributed by atoms with Crippen LogP contribution in [0.15, 0.2) is 59.4 Å². The third kappa shape index (κ3) is 3.55. The summed E-state index contributed by atoms with van der Waals surface area (Å²) in [5.41, 5.74) is 1.96. The monoisotopic (exact) mass is 324 g/mol. The minimum absolute atomic E-state index is 0.148. The normalized spacial score (nSPS) is 18.8. The smallest absolute Gasteiger partial charge is 0.151 e. The van der Waals surface area contributed by atoms with Gasteiger partial charge in [-0.25, -0.2) is 0 Å². The molecule has 6 nitrogen and oxygen atoms in total. The summed E-state index contributed by atoms with van der Waals surface area (Å²) in [5.74, 6) is 0.883. The van der Waals surface area contributed by atoms with Crippen LogP contribution in [0.4, 0.5) is 0 Å². The van der Waals surface area contributed by atoms with E-state index in [0.717, 1.165) is 49.8 Å². The van der Waals surface area contributed by atoms with E-state index in [1.165, 1.54) is 0 Å². The molecule has 0 amide bonds. The van der Waals surface area contributed by atoms with Gasteiger partial charge < -0.3 is 9.26 Å². The van der Waals surface area contributed by atoms with Crippen molar-refractivity contribution in [2.75, 3.05) is 19.7 Å². The van der Waals surface area contributed by atoms with Crippen molar-refractivity contribution in [1.29, 1.82) is 0 Å². The lowest BCUT2D eigenvalue weighted by Crippen LogP contribution is -2.43. The molecular formula is C18H20N4O2. The molecule has 124 valence electrons. The summed E-state index contributed by atoms with van der Waals surface area (Å²) in [5, 5.41) is 8.43. The van der Waals surface area contributed by atoms with E-state index in [0.29, 0.717) is 0 Å². The Balaban J connectivity index is 1.37. The van der Waals surface area contributed by atoms with Crippen molar-refractivity contribution < 1.29 is 9.26 Å². The molecule has 0 bridgehead atoms. The Kier molecular flexibility index (Phi) is 4.40. The molecule has 0 N–H and O–H groups in total. The molecule has 0 aliphatic carbocycles. The molecule has 2 aromatic heterocycles. The van der Waals surface area contributed by atoms with Gasteiger partial charge in [-0.05, 0) is 6.07 Å². The van der Waals surface area contributed by atoms with Crippen LogP contribution in [0.25, 0.3) is 11.3 Å². The van der Waals surface area contributed by atoms with Crippen molar-refractivity contribution in [3.63, 3.8) is 0 Å². The molecular weight excluding hydrogens is 304 g/mol. The zero-order valence-corrected chi connectivity index (χ0v) is 13.4. The second kappa shape index (κ2) is 6.98. The van der Waals surface area contributed by atoms with Crippen LogP contribution < -0.4 is 0 Å². The topological polar surface area (TPSA) is 56.3 Å². The minimum Gasteiger partial charge on any atom is -0.374 e. The zero-order valence-electron chi connectivity index (χ0n) is 13.4. The molecule has 0 radical (unpaired) electrons. The maximum Gasteiger partial charge on any atom is 0.151 e. The molecule has 3 heterocycles. The third-order valence-electron chi connectivity index (χ3n) is 4.18. The lowest BCUT2D eigenvalue weighted by atomic mass is 10.1. The Morgan fingerprint density at radius 3 is 2.92 bits per heavy atom. The van der Waals surface area contributed by atoms with E-state index in [-0.39, 0.29) is 6.10 Å². The molecule has 24 heavy (non-hydrogen) atoms. The second-order valence-corrected chi connectivity index (χ2v) is 6.00. The number of aromatic nitrogens is 3.